The third-order valence-corrected chi connectivity index (χ3v) is 10.3. The first kappa shape index (κ1) is 45.4. The van der Waals surface area contributed by atoms with Crippen molar-refractivity contribution in [1.82, 2.24) is 9.13 Å². The summed E-state index contributed by atoms with van der Waals surface area (Å²) in [5.74, 6) is -0.594. The molecule has 0 fully saturated rings. The zero-order valence-electron chi connectivity index (χ0n) is 33.2. The lowest BCUT2D eigenvalue weighted by molar-refractivity contribution is -0.137. The average Bonchev–Trinajstić information content (AvgIpc) is 3.20. The number of nitrogens with zero attached hydrogens (tertiary/aromatic N) is 4. The summed E-state index contributed by atoms with van der Waals surface area (Å²) in [5.41, 5.74) is 0.0695. The molecule has 0 aliphatic carbocycles. The van der Waals surface area contributed by atoms with E-state index in [9.17, 15) is 40.7 Å². The monoisotopic (exact) mass is 900 g/mol. The SMILES string of the molecule is [C-]#[N+]c1c(C(F)(F)F)cc(-c2ccc(Br)cc2)n(Cc2ccc(C)cc2C)c1=O.[C-]#[N+]c1c(C(F)(F)F)cc(-c2ccc(C(=O)OC)cc2)n(Cc2ccc(C)cc2C)c1=O. The maximum Gasteiger partial charge on any atom is 0.407 e. The Morgan fingerprint density at radius 2 is 1.00 bits per heavy atom. The number of methoxy groups -OCH3 is 1. The van der Waals surface area contributed by atoms with Crippen LogP contribution in [0.1, 0.15) is 54.9 Å². The van der Waals surface area contributed by atoms with Gasteiger partial charge in [-0.3, -0.25) is 9.59 Å². The van der Waals surface area contributed by atoms with Gasteiger partial charge in [0.05, 0.1) is 50.0 Å². The molecular formula is C46H35BrF6N4O4. The molecule has 0 saturated heterocycles. The van der Waals surface area contributed by atoms with E-state index in [2.05, 4.69) is 30.4 Å². The molecule has 2 aromatic heterocycles. The maximum atomic E-state index is 13.6. The fourth-order valence-electron chi connectivity index (χ4n) is 6.61. The normalized spacial score (nSPS) is 11.2. The smallest absolute Gasteiger partial charge is 0.407 e. The quantitative estimate of drug-likeness (QED) is 0.0908. The second-order valence-electron chi connectivity index (χ2n) is 14.0. The minimum absolute atomic E-state index is 0.00823. The molecule has 0 amide bonds. The van der Waals surface area contributed by atoms with Crippen LogP contribution in [0.15, 0.2) is 111 Å². The van der Waals surface area contributed by atoms with Crippen molar-refractivity contribution in [2.45, 2.75) is 53.1 Å². The van der Waals surface area contributed by atoms with Crippen molar-refractivity contribution >= 4 is 33.3 Å². The molecule has 6 aromatic rings. The molecule has 0 radical (unpaired) electrons. The summed E-state index contributed by atoms with van der Waals surface area (Å²) in [5, 5.41) is 0. The summed E-state index contributed by atoms with van der Waals surface area (Å²) in [4.78, 5) is 43.5. The van der Waals surface area contributed by atoms with Gasteiger partial charge in [0.15, 0.2) is 0 Å². The number of carbonyl (C=O) groups excluding carboxylic acids is 1. The largest absolute Gasteiger partial charge is 0.465 e. The molecule has 0 saturated carbocycles. The lowest BCUT2D eigenvalue weighted by Gasteiger charge is -2.19. The lowest BCUT2D eigenvalue weighted by atomic mass is 10.0. The highest BCUT2D eigenvalue weighted by molar-refractivity contribution is 9.10. The number of halogens is 7. The minimum atomic E-state index is -4.88. The molecular weight excluding hydrogens is 866 g/mol. The molecule has 15 heteroatoms. The minimum Gasteiger partial charge on any atom is -0.465 e. The van der Waals surface area contributed by atoms with Crippen LogP contribution in [-0.4, -0.2) is 22.2 Å². The Labute approximate surface area is 355 Å². The number of ether oxygens (including phenoxy) is 1. The molecule has 0 aliphatic rings. The van der Waals surface area contributed by atoms with E-state index in [1.165, 1.54) is 35.9 Å². The number of alkyl halides is 6. The summed E-state index contributed by atoms with van der Waals surface area (Å²) >= 11 is 3.30. The van der Waals surface area contributed by atoms with E-state index >= 15 is 0 Å². The van der Waals surface area contributed by atoms with Crippen molar-refractivity contribution in [3.63, 3.8) is 0 Å². The van der Waals surface area contributed by atoms with Crippen LogP contribution >= 0.6 is 15.9 Å². The molecule has 0 unspecified atom stereocenters. The molecule has 0 aliphatic heterocycles. The predicted octanol–water partition coefficient (Wildman–Crippen LogP) is 12.0. The number of rotatable bonds is 7. The van der Waals surface area contributed by atoms with Crippen LogP contribution in [-0.2, 0) is 30.2 Å². The number of benzene rings is 4. The van der Waals surface area contributed by atoms with Crippen LogP contribution in [0.25, 0.3) is 32.2 Å². The Morgan fingerprint density at radius 1 is 0.623 bits per heavy atom. The van der Waals surface area contributed by atoms with Gasteiger partial charge < -0.3 is 13.9 Å². The second-order valence-corrected chi connectivity index (χ2v) is 14.9. The lowest BCUT2D eigenvalue weighted by Crippen LogP contribution is -2.25. The molecule has 0 N–H and O–H groups in total. The molecule has 0 spiro atoms. The Morgan fingerprint density at radius 3 is 1.33 bits per heavy atom. The maximum absolute atomic E-state index is 13.6. The highest BCUT2D eigenvalue weighted by Crippen LogP contribution is 2.39. The Balaban J connectivity index is 0.000000232. The van der Waals surface area contributed by atoms with Crippen molar-refractivity contribution in [2.75, 3.05) is 7.11 Å². The number of aryl methyl sites for hydroxylation is 4. The van der Waals surface area contributed by atoms with E-state index in [1.54, 1.807) is 30.3 Å². The molecule has 6 rings (SSSR count). The molecule has 4 aromatic carbocycles. The van der Waals surface area contributed by atoms with E-state index in [1.807, 2.05) is 58.0 Å². The van der Waals surface area contributed by atoms with Crippen LogP contribution < -0.4 is 11.1 Å². The number of pyridine rings is 2. The molecule has 0 bridgehead atoms. The van der Waals surface area contributed by atoms with Crippen LogP contribution in [0.2, 0.25) is 0 Å². The summed E-state index contributed by atoms with van der Waals surface area (Å²) in [7, 11) is 1.22. The van der Waals surface area contributed by atoms with Crippen molar-refractivity contribution in [3.8, 4) is 22.5 Å². The van der Waals surface area contributed by atoms with Gasteiger partial charge in [0.2, 0.25) is 0 Å². The third-order valence-electron chi connectivity index (χ3n) is 9.78. The van der Waals surface area contributed by atoms with Gasteiger partial charge in [-0.1, -0.05) is 87.7 Å². The summed E-state index contributed by atoms with van der Waals surface area (Å²) in [6.07, 6.45) is -9.68. The van der Waals surface area contributed by atoms with Crippen LogP contribution in [0, 0.1) is 40.8 Å². The first-order valence-electron chi connectivity index (χ1n) is 18.2. The number of esters is 1. The van der Waals surface area contributed by atoms with E-state index < -0.39 is 51.9 Å². The fraction of sp³-hybridized carbons (Fsp3) is 0.196. The van der Waals surface area contributed by atoms with Gasteiger partial charge in [-0.25, -0.2) is 14.5 Å². The van der Waals surface area contributed by atoms with Crippen molar-refractivity contribution in [1.29, 1.82) is 0 Å². The number of aromatic nitrogens is 2. The van der Waals surface area contributed by atoms with Gasteiger partial charge >= 0.3 is 18.3 Å². The first-order valence-corrected chi connectivity index (χ1v) is 19.0. The molecule has 2 heterocycles. The van der Waals surface area contributed by atoms with E-state index in [4.69, 9.17) is 13.1 Å². The summed E-state index contributed by atoms with van der Waals surface area (Å²) in [6.45, 7) is 22.0. The van der Waals surface area contributed by atoms with Gasteiger partial charge in [-0.15, -0.1) is 0 Å². The third kappa shape index (κ3) is 10.2. The van der Waals surface area contributed by atoms with E-state index in [0.717, 1.165) is 54.6 Å². The van der Waals surface area contributed by atoms with Gasteiger partial charge in [0, 0.05) is 15.9 Å². The van der Waals surface area contributed by atoms with Crippen LogP contribution in [0.4, 0.5) is 37.7 Å². The first-order chi connectivity index (χ1) is 28.7. The van der Waals surface area contributed by atoms with E-state index in [0.29, 0.717) is 11.1 Å². The van der Waals surface area contributed by atoms with Crippen LogP contribution in [0.3, 0.4) is 0 Å². The zero-order valence-corrected chi connectivity index (χ0v) is 34.8. The van der Waals surface area contributed by atoms with Crippen LogP contribution in [0.5, 0.6) is 0 Å². The van der Waals surface area contributed by atoms with Gasteiger partial charge in [-0.2, -0.15) is 26.3 Å². The highest BCUT2D eigenvalue weighted by atomic mass is 79.9. The van der Waals surface area contributed by atoms with Crippen molar-refractivity contribution in [2.24, 2.45) is 0 Å². The van der Waals surface area contributed by atoms with Gasteiger partial charge in [0.1, 0.15) is 0 Å². The van der Waals surface area contributed by atoms with Crippen molar-refractivity contribution < 1.29 is 35.9 Å². The Bertz CT molecular complexity index is 2850. The summed E-state index contributed by atoms with van der Waals surface area (Å²) < 4.78 is 89.4. The Hall–Kier alpha value is -6.71. The molecule has 61 heavy (non-hydrogen) atoms. The number of hydrogen-bond acceptors (Lipinski definition) is 4. The highest BCUT2D eigenvalue weighted by Gasteiger charge is 2.37. The molecule has 0 atom stereocenters. The fourth-order valence-corrected chi connectivity index (χ4v) is 6.88. The van der Waals surface area contributed by atoms with Gasteiger partial charge in [-0.05, 0) is 97.5 Å². The topological polar surface area (TPSA) is 79.0 Å². The Kier molecular flexibility index (Phi) is 13.6. The number of hydrogen-bond donors (Lipinski definition) is 0. The average molecular weight is 902 g/mol. The van der Waals surface area contributed by atoms with E-state index in [-0.39, 0.29) is 30.0 Å². The second kappa shape index (κ2) is 18.3. The molecule has 8 nitrogen and oxygen atoms in total. The molecule has 312 valence electrons. The van der Waals surface area contributed by atoms with Gasteiger partial charge in [0.25, 0.3) is 22.5 Å². The summed E-state index contributed by atoms with van der Waals surface area (Å²) in [6, 6.07) is 25.3. The zero-order chi connectivity index (χ0) is 45.0. The predicted molar refractivity (Wildman–Crippen MR) is 224 cm³/mol. The van der Waals surface area contributed by atoms with Crippen molar-refractivity contribution in [3.05, 3.63) is 195 Å². The standard InChI is InChI=1S/C24H19F3N2O3.C22H16BrF3N2O/c1-14-5-6-18(15(2)11-14)13-29-20(16-7-9-17(10-8-16)23(31)32-4)12-19(24(25,26)27)21(28-3)22(29)30;1-13-4-5-16(14(2)10-13)12-28-19(15-6-8-17(23)9-7-15)11-18(22(24,25)26)20(27-3)21(28)29/h5-12H,13H2,1-2,4H3;4-11H,12H2,1-2H3. The number of carbonyl (C=O) groups is 1.